The van der Waals surface area contributed by atoms with Crippen molar-refractivity contribution in [3.63, 3.8) is 0 Å². The molecule has 25 heavy (non-hydrogen) atoms. The molecule has 3 aromatic rings. The molecule has 1 amide bonds. The Morgan fingerprint density at radius 2 is 2.12 bits per heavy atom. The standard InChI is InChI=1S/C18H22N6O/c1-12-10-13(2)24(20-12)11-15-6-4-8-22(15)18(25)16-14(3)21-23-9-5-7-19-17(16)23/h5,7,9-10,15H,4,6,8,11H2,1-3H3. The highest BCUT2D eigenvalue weighted by Crippen LogP contribution is 2.24. The Hall–Kier alpha value is -2.70. The second-order valence-electron chi connectivity index (χ2n) is 6.75. The van der Waals surface area contributed by atoms with E-state index in [1.54, 1.807) is 10.7 Å². The summed E-state index contributed by atoms with van der Waals surface area (Å²) in [5.74, 6) is 0.0234. The Morgan fingerprint density at radius 1 is 1.28 bits per heavy atom. The van der Waals surface area contributed by atoms with Crippen LogP contribution in [0.5, 0.6) is 0 Å². The van der Waals surface area contributed by atoms with Gasteiger partial charge in [0.1, 0.15) is 5.56 Å². The summed E-state index contributed by atoms with van der Waals surface area (Å²) in [5.41, 5.74) is 4.10. The van der Waals surface area contributed by atoms with E-state index in [2.05, 4.69) is 28.2 Å². The third-order valence-corrected chi connectivity index (χ3v) is 4.91. The second kappa shape index (κ2) is 5.98. The maximum atomic E-state index is 13.2. The minimum absolute atomic E-state index is 0.0234. The van der Waals surface area contributed by atoms with E-state index in [4.69, 9.17) is 0 Å². The van der Waals surface area contributed by atoms with Crippen LogP contribution in [0.2, 0.25) is 0 Å². The van der Waals surface area contributed by atoms with Gasteiger partial charge in [-0.3, -0.25) is 9.48 Å². The van der Waals surface area contributed by atoms with E-state index < -0.39 is 0 Å². The Morgan fingerprint density at radius 3 is 2.88 bits per heavy atom. The summed E-state index contributed by atoms with van der Waals surface area (Å²) in [7, 11) is 0. The Labute approximate surface area is 146 Å². The van der Waals surface area contributed by atoms with Crippen LogP contribution in [-0.2, 0) is 6.54 Å². The molecule has 7 nitrogen and oxygen atoms in total. The molecule has 4 rings (SSSR count). The van der Waals surface area contributed by atoms with Crippen LogP contribution in [0.4, 0.5) is 0 Å². The molecule has 1 aliphatic heterocycles. The summed E-state index contributed by atoms with van der Waals surface area (Å²) in [6.07, 6.45) is 5.53. The Balaban J connectivity index is 1.64. The molecule has 1 atom stereocenters. The predicted molar refractivity (Wildman–Crippen MR) is 93.5 cm³/mol. The largest absolute Gasteiger partial charge is 0.334 e. The van der Waals surface area contributed by atoms with Crippen molar-refractivity contribution >= 4 is 11.6 Å². The summed E-state index contributed by atoms with van der Waals surface area (Å²) >= 11 is 0. The molecule has 0 spiro atoms. The highest BCUT2D eigenvalue weighted by atomic mass is 16.2. The summed E-state index contributed by atoms with van der Waals surface area (Å²) < 4.78 is 3.68. The van der Waals surface area contributed by atoms with Crippen LogP contribution < -0.4 is 0 Å². The average Bonchev–Trinajstić information content (AvgIpc) is 3.24. The van der Waals surface area contributed by atoms with E-state index in [0.29, 0.717) is 11.2 Å². The molecule has 0 radical (unpaired) electrons. The molecule has 0 bridgehead atoms. The van der Waals surface area contributed by atoms with Crippen molar-refractivity contribution in [3.05, 3.63) is 47.2 Å². The van der Waals surface area contributed by atoms with Gasteiger partial charge in [0.2, 0.25) is 0 Å². The molecular formula is C18H22N6O. The van der Waals surface area contributed by atoms with Crippen molar-refractivity contribution in [2.75, 3.05) is 6.54 Å². The summed E-state index contributed by atoms with van der Waals surface area (Å²) in [4.78, 5) is 19.6. The van der Waals surface area contributed by atoms with Crippen molar-refractivity contribution in [1.82, 2.24) is 29.3 Å². The van der Waals surface area contributed by atoms with Gasteiger partial charge in [-0.05, 0) is 45.7 Å². The number of rotatable bonds is 3. The first kappa shape index (κ1) is 15.8. The number of amides is 1. The first-order chi connectivity index (χ1) is 12.0. The van der Waals surface area contributed by atoms with E-state index >= 15 is 0 Å². The van der Waals surface area contributed by atoms with E-state index in [-0.39, 0.29) is 11.9 Å². The molecule has 0 N–H and O–H groups in total. The van der Waals surface area contributed by atoms with Gasteiger partial charge in [0.05, 0.1) is 24.0 Å². The predicted octanol–water partition coefficient (Wildman–Crippen LogP) is 2.16. The van der Waals surface area contributed by atoms with Crippen LogP contribution in [-0.4, -0.2) is 47.8 Å². The van der Waals surface area contributed by atoms with Crippen molar-refractivity contribution in [1.29, 1.82) is 0 Å². The fourth-order valence-corrected chi connectivity index (χ4v) is 3.74. The van der Waals surface area contributed by atoms with Crippen LogP contribution in [0.15, 0.2) is 24.5 Å². The van der Waals surface area contributed by atoms with Crippen molar-refractivity contribution in [3.8, 4) is 0 Å². The van der Waals surface area contributed by atoms with Gasteiger partial charge in [0, 0.05) is 24.6 Å². The maximum absolute atomic E-state index is 13.2. The van der Waals surface area contributed by atoms with Gasteiger partial charge in [0.25, 0.3) is 5.91 Å². The smallest absolute Gasteiger partial charge is 0.259 e. The quantitative estimate of drug-likeness (QED) is 0.734. The number of aryl methyl sites for hydroxylation is 3. The molecule has 130 valence electrons. The molecule has 1 aliphatic rings. The minimum atomic E-state index is 0.0234. The van der Waals surface area contributed by atoms with Gasteiger partial charge < -0.3 is 4.90 Å². The first-order valence-electron chi connectivity index (χ1n) is 8.66. The van der Waals surface area contributed by atoms with Gasteiger partial charge in [-0.15, -0.1) is 0 Å². The zero-order valence-corrected chi connectivity index (χ0v) is 14.8. The van der Waals surface area contributed by atoms with E-state index in [1.807, 2.05) is 35.7 Å². The third-order valence-electron chi connectivity index (χ3n) is 4.91. The second-order valence-corrected chi connectivity index (χ2v) is 6.75. The minimum Gasteiger partial charge on any atom is -0.334 e. The van der Waals surface area contributed by atoms with Crippen LogP contribution in [0.1, 0.15) is 40.3 Å². The lowest BCUT2D eigenvalue weighted by Crippen LogP contribution is -2.38. The van der Waals surface area contributed by atoms with Crippen molar-refractivity contribution in [2.24, 2.45) is 0 Å². The van der Waals surface area contributed by atoms with Crippen LogP contribution >= 0.6 is 0 Å². The average molecular weight is 338 g/mol. The van der Waals surface area contributed by atoms with Crippen LogP contribution in [0.25, 0.3) is 5.65 Å². The fourth-order valence-electron chi connectivity index (χ4n) is 3.74. The number of carbonyl (C=O) groups excluding carboxylic acids is 1. The topological polar surface area (TPSA) is 68.3 Å². The SMILES string of the molecule is Cc1cc(C)n(CC2CCCN2C(=O)c2c(C)nn3cccnc23)n1. The molecular weight excluding hydrogens is 316 g/mol. The molecule has 0 saturated carbocycles. The lowest BCUT2D eigenvalue weighted by Gasteiger charge is -2.25. The molecule has 1 fully saturated rings. The maximum Gasteiger partial charge on any atom is 0.259 e. The highest BCUT2D eigenvalue weighted by Gasteiger charge is 2.33. The summed E-state index contributed by atoms with van der Waals surface area (Å²) in [6, 6.07) is 4.04. The fraction of sp³-hybridized carbons (Fsp3) is 0.444. The lowest BCUT2D eigenvalue weighted by molar-refractivity contribution is 0.0722. The summed E-state index contributed by atoms with van der Waals surface area (Å²) in [6.45, 7) is 7.42. The molecule has 1 saturated heterocycles. The molecule has 3 aromatic heterocycles. The monoisotopic (exact) mass is 338 g/mol. The van der Waals surface area contributed by atoms with Crippen LogP contribution in [0, 0.1) is 20.8 Å². The van der Waals surface area contributed by atoms with E-state index in [1.165, 1.54) is 0 Å². The van der Waals surface area contributed by atoms with Gasteiger partial charge in [0.15, 0.2) is 5.65 Å². The number of likely N-dealkylation sites (tertiary alicyclic amines) is 1. The zero-order chi connectivity index (χ0) is 17.6. The number of fused-ring (bicyclic) bond motifs is 1. The number of aromatic nitrogens is 5. The van der Waals surface area contributed by atoms with Gasteiger partial charge in [-0.1, -0.05) is 0 Å². The molecule has 4 heterocycles. The Bertz CT molecular complexity index is 940. The molecule has 0 aromatic carbocycles. The van der Waals surface area contributed by atoms with Crippen molar-refractivity contribution < 1.29 is 4.79 Å². The lowest BCUT2D eigenvalue weighted by atomic mass is 10.1. The number of nitrogens with zero attached hydrogens (tertiary/aromatic N) is 6. The van der Waals surface area contributed by atoms with E-state index in [9.17, 15) is 4.79 Å². The number of carbonyl (C=O) groups is 1. The molecule has 0 aliphatic carbocycles. The number of hydrogen-bond acceptors (Lipinski definition) is 4. The molecule has 7 heteroatoms. The van der Waals surface area contributed by atoms with E-state index in [0.717, 1.165) is 43.0 Å². The number of hydrogen-bond donors (Lipinski definition) is 0. The first-order valence-corrected chi connectivity index (χ1v) is 8.66. The van der Waals surface area contributed by atoms with Crippen molar-refractivity contribution in [2.45, 2.75) is 46.2 Å². The Kier molecular flexibility index (Phi) is 3.78. The molecule has 1 unspecified atom stereocenters. The highest BCUT2D eigenvalue weighted by molar-refractivity contribution is 6.01. The van der Waals surface area contributed by atoms with Crippen LogP contribution in [0.3, 0.4) is 0 Å². The van der Waals surface area contributed by atoms with Gasteiger partial charge in [-0.25, -0.2) is 9.50 Å². The van der Waals surface area contributed by atoms with Gasteiger partial charge in [-0.2, -0.15) is 10.2 Å². The van der Waals surface area contributed by atoms with Gasteiger partial charge >= 0.3 is 0 Å². The zero-order valence-electron chi connectivity index (χ0n) is 14.8. The third kappa shape index (κ3) is 2.69. The summed E-state index contributed by atoms with van der Waals surface area (Å²) in [5, 5.41) is 8.97. The normalized spacial score (nSPS) is 17.6.